The molecular formula is C25H30N4. The molecule has 0 unspecified atom stereocenters. The first-order chi connectivity index (χ1) is 14.1. The molecule has 0 bridgehead atoms. The SMILES string of the molecule is Cc1cc2nc(N3CCCN(C4Cc5ccccc5C4)CC3)nc(C)c2cc1C. The van der Waals surface area contributed by atoms with Gasteiger partial charge in [0.2, 0.25) is 5.95 Å². The van der Waals surface area contributed by atoms with E-state index in [9.17, 15) is 0 Å². The van der Waals surface area contributed by atoms with Gasteiger partial charge in [0, 0.05) is 37.6 Å². The van der Waals surface area contributed by atoms with Crippen molar-refractivity contribution in [3.8, 4) is 0 Å². The van der Waals surface area contributed by atoms with Crippen LogP contribution in [0.25, 0.3) is 10.9 Å². The van der Waals surface area contributed by atoms with Crippen molar-refractivity contribution in [2.75, 3.05) is 31.1 Å². The van der Waals surface area contributed by atoms with Crippen molar-refractivity contribution in [3.63, 3.8) is 0 Å². The summed E-state index contributed by atoms with van der Waals surface area (Å²) in [6.45, 7) is 10.7. The first kappa shape index (κ1) is 18.6. The minimum atomic E-state index is 0.650. The van der Waals surface area contributed by atoms with Crippen LogP contribution < -0.4 is 4.90 Å². The van der Waals surface area contributed by atoms with Gasteiger partial charge in [-0.15, -0.1) is 0 Å². The summed E-state index contributed by atoms with van der Waals surface area (Å²) in [5.74, 6) is 0.898. The molecule has 29 heavy (non-hydrogen) atoms. The number of hydrogen-bond acceptors (Lipinski definition) is 4. The molecule has 0 amide bonds. The van der Waals surface area contributed by atoms with Crippen molar-refractivity contribution in [1.29, 1.82) is 0 Å². The van der Waals surface area contributed by atoms with Crippen molar-refractivity contribution in [3.05, 3.63) is 64.3 Å². The first-order valence-electron chi connectivity index (χ1n) is 10.9. The summed E-state index contributed by atoms with van der Waals surface area (Å²) < 4.78 is 0. The summed E-state index contributed by atoms with van der Waals surface area (Å²) in [6.07, 6.45) is 3.56. The summed E-state index contributed by atoms with van der Waals surface area (Å²) in [5, 5.41) is 1.18. The molecule has 2 aliphatic rings. The number of hydrogen-bond donors (Lipinski definition) is 0. The second-order valence-electron chi connectivity index (χ2n) is 8.77. The Morgan fingerprint density at radius 1 is 0.828 bits per heavy atom. The molecule has 1 aliphatic heterocycles. The van der Waals surface area contributed by atoms with E-state index in [2.05, 4.69) is 67.0 Å². The largest absolute Gasteiger partial charge is 0.339 e. The van der Waals surface area contributed by atoms with Crippen molar-refractivity contribution >= 4 is 16.9 Å². The van der Waals surface area contributed by atoms with E-state index in [-0.39, 0.29) is 0 Å². The highest BCUT2D eigenvalue weighted by molar-refractivity contribution is 5.83. The summed E-state index contributed by atoms with van der Waals surface area (Å²) in [5.41, 5.74) is 7.84. The predicted molar refractivity (Wildman–Crippen MR) is 120 cm³/mol. The zero-order chi connectivity index (χ0) is 20.0. The minimum Gasteiger partial charge on any atom is -0.339 e. The molecule has 0 saturated carbocycles. The van der Waals surface area contributed by atoms with Crippen LogP contribution in [0.2, 0.25) is 0 Å². The molecule has 2 aromatic carbocycles. The van der Waals surface area contributed by atoms with Crippen molar-refractivity contribution in [1.82, 2.24) is 14.9 Å². The maximum atomic E-state index is 4.95. The van der Waals surface area contributed by atoms with Crippen LogP contribution in [0.5, 0.6) is 0 Å². The highest BCUT2D eigenvalue weighted by Crippen LogP contribution is 2.27. The highest BCUT2D eigenvalue weighted by atomic mass is 15.3. The van der Waals surface area contributed by atoms with Crippen molar-refractivity contribution < 1.29 is 0 Å². The molecule has 4 heteroatoms. The third-order valence-electron chi connectivity index (χ3n) is 6.85. The molecule has 1 aliphatic carbocycles. The number of aromatic nitrogens is 2. The minimum absolute atomic E-state index is 0.650. The zero-order valence-corrected chi connectivity index (χ0v) is 17.8. The van der Waals surface area contributed by atoms with Crippen molar-refractivity contribution in [2.45, 2.75) is 46.1 Å². The van der Waals surface area contributed by atoms with Gasteiger partial charge in [-0.3, -0.25) is 4.90 Å². The van der Waals surface area contributed by atoms with Crippen LogP contribution in [-0.2, 0) is 12.8 Å². The predicted octanol–water partition coefficient (Wildman–Crippen LogP) is 4.23. The van der Waals surface area contributed by atoms with Crippen LogP contribution >= 0.6 is 0 Å². The third kappa shape index (κ3) is 3.51. The van der Waals surface area contributed by atoms with Gasteiger partial charge < -0.3 is 4.90 Å². The van der Waals surface area contributed by atoms with Crippen LogP contribution in [-0.4, -0.2) is 47.1 Å². The molecule has 0 spiro atoms. The molecule has 1 fully saturated rings. The molecular weight excluding hydrogens is 356 g/mol. The van der Waals surface area contributed by atoms with E-state index in [0.717, 1.165) is 36.8 Å². The Hall–Kier alpha value is -2.46. The van der Waals surface area contributed by atoms with E-state index in [0.29, 0.717) is 6.04 Å². The molecule has 0 N–H and O–H groups in total. The smallest absolute Gasteiger partial charge is 0.226 e. The number of anilines is 1. The Kier molecular flexibility index (Phi) is 4.75. The lowest BCUT2D eigenvalue weighted by Crippen LogP contribution is -2.39. The summed E-state index contributed by atoms with van der Waals surface area (Å²) >= 11 is 0. The molecule has 1 saturated heterocycles. The van der Waals surface area contributed by atoms with E-state index in [1.54, 1.807) is 0 Å². The van der Waals surface area contributed by atoms with Gasteiger partial charge in [-0.05, 0) is 74.4 Å². The number of fused-ring (bicyclic) bond motifs is 2. The average molecular weight is 387 g/mol. The van der Waals surface area contributed by atoms with E-state index >= 15 is 0 Å². The van der Waals surface area contributed by atoms with Crippen molar-refractivity contribution in [2.24, 2.45) is 0 Å². The lowest BCUT2D eigenvalue weighted by molar-refractivity contribution is 0.216. The standard InChI is InChI=1S/C25H30N4/c1-17-13-23-19(3)26-25(27-24(23)14-18(17)2)29-10-6-9-28(11-12-29)22-15-20-7-4-5-8-21(20)16-22/h4-5,7-8,13-14,22H,6,9-12,15-16H2,1-3H3. The Bertz CT molecular complexity index is 1030. The molecule has 150 valence electrons. The molecule has 0 radical (unpaired) electrons. The third-order valence-corrected chi connectivity index (χ3v) is 6.85. The van der Waals surface area contributed by atoms with Crippen LogP contribution in [0.1, 0.15) is 34.4 Å². The summed E-state index contributed by atoms with van der Waals surface area (Å²) in [7, 11) is 0. The molecule has 3 aromatic rings. The van der Waals surface area contributed by atoms with E-state index in [1.807, 2.05) is 0 Å². The van der Waals surface area contributed by atoms with Gasteiger partial charge in [-0.1, -0.05) is 24.3 Å². The fraction of sp³-hybridized carbons (Fsp3) is 0.440. The van der Waals surface area contributed by atoms with Gasteiger partial charge >= 0.3 is 0 Å². The average Bonchev–Trinajstić information content (AvgIpc) is 2.98. The molecule has 4 nitrogen and oxygen atoms in total. The molecule has 5 rings (SSSR count). The van der Waals surface area contributed by atoms with E-state index < -0.39 is 0 Å². The second kappa shape index (κ2) is 7.42. The second-order valence-corrected chi connectivity index (χ2v) is 8.77. The van der Waals surface area contributed by atoms with Crippen LogP contribution in [0.4, 0.5) is 5.95 Å². The summed E-state index contributed by atoms with van der Waals surface area (Å²) in [4.78, 5) is 14.9. The van der Waals surface area contributed by atoms with Crippen LogP contribution in [0.3, 0.4) is 0 Å². The van der Waals surface area contributed by atoms with E-state index in [1.165, 1.54) is 53.4 Å². The Labute approximate surface area is 173 Å². The van der Waals surface area contributed by atoms with Crippen LogP contribution in [0, 0.1) is 20.8 Å². The fourth-order valence-corrected chi connectivity index (χ4v) is 4.96. The number of nitrogens with zero attached hydrogens (tertiary/aromatic N) is 4. The highest BCUT2D eigenvalue weighted by Gasteiger charge is 2.28. The summed E-state index contributed by atoms with van der Waals surface area (Å²) in [6, 6.07) is 14.0. The molecule has 1 aromatic heterocycles. The van der Waals surface area contributed by atoms with Gasteiger partial charge in [0.05, 0.1) is 11.2 Å². The molecule has 0 atom stereocenters. The Morgan fingerprint density at radius 3 is 2.31 bits per heavy atom. The lowest BCUT2D eigenvalue weighted by Gasteiger charge is -2.27. The van der Waals surface area contributed by atoms with E-state index in [4.69, 9.17) is 9.97 Å². The number of aryl methyl sites for hydroxylation is 3. The maximum absolute atomic E-state index is 4.95. The van der Waals surface area contributed by atoms with Gasteiger partial charge in [0.25, 0.3) is 0 Å². The zero-order valence-electron chi connectivity index (χ0n) is 17.8. The molecule has 2 heterocycles. The Balaban J connectivity index is 1.34. The quantitative estimate of drug-likeness (QED) is 0.660. The normalized spacial score (nSPS) is 18.2. The van der Waals surface area contributed by atoms with Gasteiger partial charge in [0.15, 0.2) is 0 Å². The van der Waals surface area contributed by atoms with Gasteiger partial charge in [0.1, 0.15) is 0 Å². The Morgan fingerprint density at radius 2 is 1.55 bits per heavy atom. The van der Waals surface area contributed by atoms with Gasteiger partial charge in [-0.25, -0.2) is 9.97 Å². The van der Waals surface area contributed by atoms with Crippen LogP contribution in [0.15, 0.2) is 36.4 Å². The monoisotopic (exact) mass is 386 g/mol. The fourth-order valence-electron chi connectivity index (χ4n) is 4.96. The number of rotatable bonds is 2. The number of benzene rings is 2. The first-order valence-corrected chi connectivity index (χ1v) is 10.9. The maximum Gasteiger partial charge on any atom is 0.226 e. The topological polar surface area (TPSA) is 32.3 Å². The van der Waals surface area contributed by atoms with Gasteiger partial charge in [-0.2, -0.15) is 0 Å². The lowest BCUT2D eigenvalue weighted by atomic mass is 10.1.